The Labute approximate surface area is 101 Å². The molecule has 4 nitrogen and oxygen atoms in total. The van der Waals surface area contributed by atoms with Crippen LogP contribution < -0.4 is 5.73 Å². The fourth-order valence-electron chi connectivity index (χ4n) is 2.00. The topological polar surface area (TPSA) is 56.7 Å². The second kappa shape index (κ2) is 4.99. The van der Waals surface area contributed by atoms with E-state index in [2.05, 4.69) is 30.0 Å². The maximum Gasteiger partial charge on any atom is 0.0854 e. The zero-order chi connectivity index (χ0) is 12.3. The molecule has 0 saturated carbocycles. The smallest absolute Gasteiger partial charge is 0.0854 e. The van der Waals surface area contributed by atoms with Gasteiger partial charge in [-0.1, -0.05) is 19.9 Å². The monoisotopic (exact) mass is 230 g/mol. The lowest BCUT2D eigenvalue weighted by Crippen LogP contribution is -2.06. The minimum Gasteiger partial charge on any atom is -0.396 e. The quantitative estimate of drug-likeness (QED) is 0.874. The maximum absolute atomic E-state index is 6.08. The molecule has 0 saturated heterocycles. The molecule has 0 amide bonds. The molecular weight excluding hydrogens is 212 g/mol. The highest BCUT2D eigenvalue weighted by atomic mass is 15.3. The SMILES string of the molecule is CCc1nn(Cc2cccnc2)c(CC)c1N. The van der Waals surface area contributed by atoms with Crippen LogP contribution in [0.4, 0.5) is 5.69 Å². The van der Waals surface area contributed by atoms with Crippen LogP contribution in [0.3, 0.4) is 0 Å². The first-order valence-corrected chi connectivity index (χ1v) is 5.99. The number of rotatable bonds is 4. The zero-order valence-electron chi connectivity index (χ0n) is 10.3. The third-order valence-corrected chi connectivity index (χ3v) is 2.90. The van der Waals surface area contributed by atoms with Gasteiger partial charge in [-0.15, -0.1) is 0 Å². The summed E-state index contributed by atoms with van der Waals surface area (Å²) >= 11 is 0. The number of aromatic nitrogens is 3. The Bertz CT molecular complexity index is 488. The molecule has 0 unspecified atom stereocenters. The number of nitrogen functional groups attached to an aromatic ring is 1. The van der Waals surface area contributed by atoms with Crippen LogP contribution in [0.5, 0.6) is 0 Å². The van der Waals surface area contributed by atoms with E-state index in [1.54, 1.807) is 6.20 Å². The second-order valence-electron chi connectivity index (χ2n) is 4.03. The van der Waals surface area contributed by atoms with Crippen molar-refractivity contribution in [3.05, 3.63) is 41.5 Å². The zero-order valence-corrected chi connectivity index (χ0v) is 10.3. The molecule has 0 aromatic carbocycles. The van der Waals surface area contributed by atoms with Crippen molar-refractivity contribution in [3.8, 4) is 0 Å². The number of anilines is 1. The Kier molecular flexibility index (Phi) is 3.42. The summed E-state index contributed by atoms with van der Waals surface area (Å²) in [5.41, 5.74) is 10.2. The van der Waals surface area contributed by atoms with Crippen LogP contribution in [0.15, 0.2) is 24.5 Å². The van der Waals surface area contributed by atoms with Crippen molar-refractivity contribution in [2.45, 2.75) is 33.2 Å². The van der Waals surface area contributed by atoms with E-state index >= 15 is 0 Å². The molecule has 4 heteroatoms. The molecule has 0 fully saturated rings. The van der Waals surface area contributed by atoms with E-state index in [-0.39, 0.29) is 0 Å². The van der Waals surface area contributed by atoms with Crippen molar-refractivity contribution in [1.29, 1.82) is 0 Å². The predicted molar refractivity (Wildman–Crippen MR) is 68.7 cm³/mol. The first-order valence-electron chi connectivity index (χ1n) is 5.99. The second-order valence-corrected chi connectivity index (χ2v) is 4.03. The van der Waals surface area contributed by atoms with Crippen molar-refractivity contribution >= 4 is 5.69 Å². The van der Waals surface area contributed by atoms with Crippen molar-refractivity contribution in [3.63, 3.8) is 0 Å². The molecule has 0 radical (unpaired) electrons. The Balaban J connectivity index is 2.32. The summed E-state index contributed by atoms with van der Waals surface area (Å²) in [6.07, 6.45) is 5.42. The molecule has 2 aromatic heterocycles. The normalized spacial score (nSPS) is 10.7. The lowest BCUT2D eigenvalue weighted by molar-refractivity contribution is 0.639. The Morgan fingerprint density at radius 3 is 2.71 bits per heavy atom. The molecule has 2 aromatic rings. The van der Waals surface area contributed by atoms with Gasteiger partial charge in [0.15, 0.2) is 0 Å². The number of pyridine rings is 1. The molecule has 90 valence electrons. The highest BCUT2D eigenvalue weighted by molar-refractivity contribution is 5.48. The lowest BCUT2D eigenvalue weighted by atomic mass is 10.2. The number of aryl methyl sites for hydroxylation is 1. The van der Waals surface area contributed by atoms with Crippen molar-refractivity contribution in [1.82, 2.24) is 14.8 Å². The first-order chi connectivity index (χ1) is 8.26. The number of nitrogens with two attached hydrogens (primary N) is 1. The molecule has 2 heterocycles. The van der Waals surface area contributed by atoms with Crippen LogP contribution in [0.2, 0.25) is 0 Å². The number of hydrogen-bond acceptors (Lipinski definition) is 3. The molecule has 0 aliphatic rings. The summed E-state index contributed by atoms with van der Waals surface area (Å²) in [5, 5.41) is 4.56. The van der Waals surface area contributed by atoms with Crippen LogP contribution >= 0.6 is 0 Å². The van der Waals surface area contributed by atoms with Crippen LogP contribution in [0, 0.1) is 0 Å². The summed E-state index contributed by atoms with van der Waals surface area (Å²) in [7, 11) is 0. The maximum atomic E-state index is 6.08. The molecule has 17 heavy (non-hydrogen) atoms. The largest absolute Gasteiger partial charge is 0.396 e. The van der Waals surface area contributed by atoms with Crippen LogP contribution in [-0.2, 0) is 19.4 Å². The van der Waals surface area contributed by atoms with E-state index in [0.717, 1.165) is 42.0 Å². The predicted octanol–water partition coefficient (Wildman–Crippen LogP) is 2.03. The molecule has 0 atom stereocenters. The van der Waals surface area contributed by atoms with Crippen molar-refractivity contribution in [2.24, 2.45) is 0 Å². The van der Waals surface area contributed by atoms with Gasteiger partial charge in [0.25, 0.3) is 0 Å². The van der Waals surface area contributed by atoms with Gasteiger partial charge in [-0.3, -0.25) is 9.67 Å². The van der Waals surface area contributed by atoms with E-state index in [9.17, 15) is 0 Å². The first kappa shape index (κ1) is 11.6. The van der Waals surface area contributed by atoms with Gasteiger partial charge in [-0.05, 0) is 24.5 Å². The highest BCUT2D eigenvalue weighted by Gasteiger charge is 2.12. The number of nitrogens with zero attached hydrogens (tertiary/aromatic N) is 3. The van der Waals surface area contributed by atoms with Gasteiger partial charge in [0, 0.05) is 12.4 Å². The summed E-state index contributed by atoms with van der Waals surface area (Å²) in [5.74, 6) is 0. The van der Waals surface area contributed by atoms with E-state index in [0.29, 0.717) is 0 Å². The third kappa shape index (κ3) is 2.30. The third-order valence-electron chi connectivity index (χ3n) is 2.90. The molecular formula is C13H18N4. The lowest BCUT2D eigenvalue weighted by Gasteiger charge is -2.05. The van der Waals surface area contributed by atoms with Crippen molar-refractivity contribution in [2.75, 3.05) is 5.73 Å². The van der Waals surface area contributed by atoms with E-state index < -0.39 is 0 Å². The van der Waals surface area contributed by atoms with Gasteiger partial charge in [0.2, 0.25) is 0 Å². The van der Waals surface area contributed by atoms with E-state index in [1.165, 1.54) is 0 Å². The standard InChI is InChI=1S/C13H18N4/c1-3-11-13(14)12(4-2)17(16-11)9-10-6-5-7-15-8-10/h5-8H,3-4,9,14H2,1-2H3. The number of hydrogen-bond donors (Lipinski definition) is 1. The van der Waals surface area contributed by atoms with E-state index in [1.807, 2.05) is 16.9 Å². The molecule has 0 bridgehead atoms. The average molecular weight is 230 g/mol. The van der Waals surface area contributed by atoms with Gasteiger partial charge < -0.3 is 5.73 Å². The van der Waals surface area contributed by atoms with E-state index in [4.69, 9.17) is 5.73 Å². The molecule has 2 rings (SSSR count). The molecule has 0 spiro atoms. The molecule has 2 N–H and O–H groups in total. The summed E-state index contributed by atoms with van der Waals surface area (Å²) in [4.78, 5) is 4.11. The van der Waals surface area contributed by atoms with Crippen LogP contribution in [0.1, 0.15) is 30.8 Å². The summed E-state index contributed by atoms with van der Waals surface area (Å²) in [6, 6.07) is 3.99. The Morgan fingerprint density at radius 1 is 1.29 bits per heavy atom. The van der Waals surface area contributed by atoms with Gasteiger partial charge in [0.05, 0.1) is 23.6 Å². The summed E-state index contributed by atoms with van der Waals surface area (Å²) in [6.45, 7) is 4.92. The molecule has 0 aliphatic carbocycles. The fraction of sp³-hybridized carbons (Fsp3) is 0.385. The van der Waals surface area contributed by atoms with Gasteiger partial charge in [-0.25, -0.2) is 0 Å². The minimum absolute atomic E-state index is 0.737. The van der Waals surface area contributed by atoms with Crippen LogP contribution in [0.25, 0.3) is 0 Å². The van der Waals surface area contributed by atoms with Crippen molar-refractivity contribution < 1.29 is 0 Å². The Hall–Kier alpha value is -1.84. The van der Waals surface area contributed by atoms with Gasteiger partial charge in [0.1, 0.15) is 0 Å². The van der Waals surface area contributed by atoms with Gasteiger partial charge in [-0.2, -0.15) is 5.10 Å². The average Bonchev–Trinajstić information content (AvgIpc) is 2.66. The molecule has 0 aliphatic heterocycles. The highest BCUT2D eigenvalue weighted by Crippen LogP contribution is 2.19. The Morgan fingerprint density at radius 2 is 2.12 bits per heavy atom. The fourth-order valence-corrected chi connectivity index (χ4v) is 2.00. The van der Waals surface area contributed by atoms with Crippen LogP contribution in [-0.4, -0.2) is 14.8 Å². The van der Waals surface area contributed by atoms with Gasteiger partial charge >= 0.3 is 0 Å². The summed E-state index contributed by atoms with van der Waals surface area (Å²) < 4.78 is 1.99. The minimum atomic E-state index is 0.737.